The summed E-state index contributed by atoms with van der Waals surface area (Å²) in [7, 11) is 0. The molecule has 2 saturated heterocycles. The lowest BCUT2D eigenvalue weighted by Gasteiger charge is -2.39. The maximum absolute atomic E-state index is 13.7. The molecule has 0 aliphatic carbocycles. The monoisotopic (exact) mass is 358 g/mol. The molecule has 136 valence electrons. The quantitative estimate of drug-likeness (QED) is 0.833. The predicted molar refractivity (Wildman–Crippen MR) is 89.1 cm³/mol. The van der Waals surface area contributed by atoms with E-state index in [1.165, 1.54) is 30.7 Å². The zero-order valence-corrected chi connectivity index (χ0v) is 14.2. The van der Waals surface area contributed by atoms with Crippen LogP contribution in [0.3, 0.4) is 0 Å². The smallest absolute Gasteiger partial charge is 0.255 e. The lowest BCUT2D eigenvalue weighted by molar-refractivity contribution is -0.0453. The highest BCUT2D eigenvalue weighted by Gasteiger charge is 2.45. The topological polar surface area (TPSA) is 77.4 Å². The average molecular weight is 358 g/mol. The molecule has 2 aromatic heterocycles. The van der Waals surface area contributed by atoms with Crippen LogP contribution in [-0.4, -0.2) is 57.4 Å². The van der Waals surface area contributed by atoms with E-state index in [9.17, 15) is 9.18 Å². The molecule has 1 amide bonds. The highest BCUT2D eigenvalue weighted by molar-refractivity contribution is 5.93. The van der Waals surface area contributed by atoms with Crippen LogP contribution >= 0.6 is 0 Å². The van der Waals surface area contributed by atoms with Gasteiger partial charge in [-0.15, -0.1) is 0 Å². The Labute approximate surface area is 150 Å². The molecular formula is C18H19FN4O3. The van der Waals surface area contributed by atoms with Crippen molar-refractivity contribution in [2.45, 2.75) is 31.0 Å². The lowest BCUT2D eigenvalue weighted by atomic mass is 9.89. The molecule has 2 atom stereocenters. The van der Waals surface area contributed by atoms with Gasteiger partial charge in [0.15, 0.2) is 5.82 Å². The molecule has 0 saturated carbocycles. The van der Waals surface area contributed by atoms with Crippen LogP contribution in [0.1, 0.15) is 29.6 Å². The second kappa shape index (κ2) is 6.95. The first-order valence-electron chi connectivity index (χ1n) is 8.62. The number of hydrogen-bond acceptors (Lipinski definition) is 6. The van der Waals surface area contributed by atoms with E-state index in [2.05, 4.69) is 15.2 Å². The number of rotatable bonds is 3. The summed E-state index contributed by atoms with van der Waals surface area (Å²) in [4.78, 5) is 18.4. The van der Waals surface area contributed by atoms with Crippen LogP contribution in [-0.2, 0) is 4.74 Å². The molecular weight excluding hydrogens is 339 g/mol. The second-order valence-electron chi connectivity index (χ2n) is 6.69. The van der Waals surface area contributed by atoms with Gasteiger partial charge in [-0.25, -0.2) is 9.37 Å². The molecule has 0 bridgehead atoms. The van der Waals surface area contributed by atoms with Gasteiger partial charge in [-0.3, -0.25) is 4.79 Å². The zero-order valence-electron chi connectivity index (χ0n) is 14.2. The fraction of sp³-hybridized carbons (Fsp3) is 0.444. The van der Waals surface area contributed by atoms with E-state index in [-0.39, 0.29) is 17.9 Å². The molecule has 2 aromatic rings. The Morgan fingerprint density at radius 3 is 3.08 bits per heavy atom. The van der Waals surface area contributed by atoms with Crippen LogP contribution in [0.15, 0.2) is 36.8 Å². The summed E-state index contributed by atoms with van der Waals surface area (Å²) in [5.74, 6) is -0.577. The molecule has 1 spiro atoms. The van der Waals surface area contributed by atoms with Gasteiger partial charge >= 0.3 is 0 Å². The van der Waals surface area contributed by atoms with Gasteiger partial charge in [0.2, 0.25) is 0 Å². The van der Waals surface area contributed by atoms with Gasteiger partial charge in [0.05, 0.1) is 36.7 Å². The van der Waals surface area contributed by atoms with Crippen LogP contribution in [0.25, 0.3) is 0 Å². The van der Waals surface area contributed by atoms with E-state index in [0.717, 1.165) is 12.8 Å². The van der Waals surface area contributed by atoms with E-state index in [0.29, 0.717) is 31.7 Å². The number of pyridine rings is 1. The van der Waals surface area contributed by atoms with Crippen molar-refractivity contribution in [2.24, 2.45) is 0 Å². The Kier molecular flexibility index (Phi) is 4.50. The van der Waals surface area contributed by atoms with Crippen molar-refractivity contribution in [3.63, 3.8) is 0 Å². The Morgan fingerprint density at radius 2 is 2.27 bits per heavy atom. The number of ether oxygens (including phenoxy) is 2. The molecule has 0 radical (unpaired) electrons. The summed E-state index contributed by atoms with van der Waals surface area (Å²) < 4.78 is 25.4. The van der Waals surface area contributed by atoms with Gasteiger partial charge in [-0.2, -0.15) is 10.2 Å². The fourth-order valence-electron chi connectivity index (χ4n) is 3.65. The third-order valence-corrected chi connectivity index (χ3v) is 4.84. The number of nitrogens with zero attached hydrogens (tertiary/aromatic N) is 4. The molecule has 4 heterocycles. The number of hydrogen-bond donors (Lipinski definition) is 0. The highest BCUT2D eigenvalue weighted by Crippen LogP contribution is 2.36. The van der Waals surface area contributed by atoms with Crippen LogP contribution < -0.4 is 4.74 Å². The molecule has 7 nitrogen and oxygen atoms in total. The Morgan fingerprint density at radius 1 is 1.35 bits per heavy atom. The van der Waals surface area contributed by atoms with Gasteiger partial charge in [-0.05, 0) is 31.0 Å². The first-order valence-corrected chi connectivity index (χ1v) is 8.62. The minimum absolute atomic E-state index is 0.00949. The molecule has 26 heavy (non-hydrogen) atoms. The summed E-state index contributed by atoms with van der Waals surface area (Å²) in [5, 5.41) is 7.47. The molecule has 4 rings (SSSR count). The fourth-order valence-corrected chi connectivity index (χ4v) is 3.65. The van der Waals surface area contributed by atoms with E-state index >= 15 is 0 Å². The number of likely N-dealkylation sites (tertiary alicyclic amines) is 1. The van der Waals surface area contributed by atoms with Crippen LogP contribution in [0.5, 0.6) is 5.88 Å². The number of aromatic nitrogens is 3. The van der Waals surface area contributed by atoms with Crippen molar-refractivity contribution in [3.8, 4) is 5.88 Å². The zero-order chi connectivity index (χ0) is 18.0. The third kappa shape index (κ3) is 3.37. The first kappa shape index (κ1) is 16.8. The van der Waals surface area contributed by atoms with Crippen LogP contribution in [0.4, 0.5) is 4.39 Å². The molecule has 2 aliphatic rings. The van der Waals surface area contributed by atoms with Crippen molar-refractivity contribution in [3.05, 3.63) is 48.2 Å². The molecule has 2 fully saturated rings. The Balaban J connectivity index is 1.43. The van der Waals surface area contributed by atoms with Crippen molar-refractivity contribution < 1.29 is 18.7 Å². The minimum Gasteiger partial charge on any atom is -0.470 e. The van der Waals surface area contributed by atoms with E-state index in [1.54, 1.807) is 11.0 Å². The normalized spacial score (nSPS) is 25.4. The lowest BCUT2D eigenvalue weighted by Crippen LogP contribution is -2.50. The number of halogens is 1. The molecule has 0 unspecified atom stereocenters. The number of amides is 1. The maximum atomic E-state index is 13.7. The van der Waals surface area contributed by atoms with Crippen molar-refractivity contribution in [2.75, 3.05) is 19.7 Å². The Hall–Kier alpha value is -2.61. The second-order valence-corrected chi connectivity index (χ2v) is 6.69. The number of carbonyl (C=O) groups excluding carboxylic acids is 1. The molecule has 0 N–H and O–H groups in total. The predicted octanol–water partition coefficient (Wildman–Crippen LogP) is 1.85. The van der Waals surface area contributed by atoms with Crippen molar-refractivity contribution in [1.82, 2.24) is 20.1 Å². The standard InChI is InChI=1S/C18H19FN4O3/c19-15-3-1-6-20-16(15)26-14-9-18(25-11-14)5-2-8-23(12-18)17(24)13-4-7-21-22-10-13/h1,3-4,6-7,10,14H,2,5,8-9,11-12H2/t14-,18+/m1/s1. The molecule has 2 aliphatic heterocycles. The summed E-state index contributed by atoms with van der Waals surface area (Å²) in [6.45, 7) is 1.51. The molecule has 0 aromatic carbocycles. The first-order chi connectivity index (χ1) is 12.7. The number of piperidine rings is 1. The van der Waals surface area contributed by atoms with Crippen LogP contribution in [0.2, 0.25) is 0 Å². The van der Waals surface area contributed by atoms with Crippen molar-refractivity contribution >= 4 is 5.91 Å². The van der Waals surface area contributed by atoms with E-state index < -0.39 is 11.4 Å². The summed E-state index contributed by atoms with van der Waals surface area (Å²) in [5.41, 5.74) is 0.0583. The number of carbonyl (C=O) groups is 1. The molecule has 8 heteroatoms. The SMILES string of the molecule is O=C(c1ccnnc1)N1CCC[C@]2(C[C@@H](Oc3ncccc3F)CO2)C1. The Bertz CT molecular complexity index is 791. The van der Waals surface area contributed by atoms with Crippen LogP contribution in [0, 0.1) is 5.82 Å². The largest absolute Gasteiger partial charge is 0.470 e. The van der Waals surface area contributed by atoms with Gasteiger partial charge in [0.25, 0.3) is 11.8 Å². The average Bonchev–Trinajstić information content (AvgIpc) is 3.05. The van der Waals surface area contributed by atoms with E-state index in [1.807, 2.05) is 0 Å². The van der Waals surface area contributed by atoms with E-state index in [4.69, 9.17) is 9.47 Å². The third-order valence-electron chi connectivity index (χ3n) is 4.84. The minimum atomic E-state index is -0.487. The van der Waals surface area contributed by atoms with Gasteiger partial charge < -0.3 is 14.4 Å². The van der Waals surface area contributed by atoms with Gasteiger partial charge in [0.1, 0.15) is 6.10 Å². The summed E-state index contributed by atoms with van der Waals surface area (Å²) in [6.07, 6.45) is 6.47. The van der Waals surface area contributed by atoms with Crippen molar-refractivity contribution in [1.29, 1.82) is 0 Å². The van der Waals surface area contributed by atoms with Gasteiger partial charge in [-0.1, -0.05) is 0 Å². The maximum Gasteiger partial charge on any atom is 0.255 e. The van der Waals surface area contributed by atoms with Gasteiger partial charge in [0, 0.05) is 19.2 Å². The summed E-state index contributed by atoms with van der Waals surface area (Å²) >= 11 is 0. The highest BCUT2D eigenvalue weighted by atomic mass is 19.1. The summed E-state index contributed by atoms with van der Waals surface area (Å²) in [6, 6.07) is 4.49.